The molecule has 0 spiro atoms. The minimum absolute atomic E-state index is 0.0326. The van der Waals surface area contributed by atoms with Crippen LogP contribution in [0.2, 0.25) is 5.02 Å². The molecule has 0 bridgehead atoms. The van der Waals surface area contributed by atoms with Crippen LogP contribution in [0.3, 0.4) is 0 Å². The monoisotopic (exact) mass is 591 g/mol. The number of hydrogen-bond acceptors (Lipinski definition) is 2. The summed E-state index contributed by atoms with van der Waals surface area (Å²) in [6, 6.07) is 17.4. The number of alkyl halides is 5. The molecule has 1 aromatic heterocycles. The molecular weight excluding hydrogens is 568 g/mol. The van der Waals surface area contributed by atoms with E-state index in [1.165, 1.54) is 36.5 Å². The van der Waals surface area contributed by atoms with Crippen molar-refractivity contribution in [3.05, 3.63) is 130 Å². The predicted molar refractivity (Wildman–Crippen MR) is 144 cm³/mol. The Hall–Kier alpha value is -4.05. The van der Waals surface area contributed by atoms with Gasteiger partial charge in [-0.1, -0.05) is 54.9 Å². The maximum Gasteiger partial charge on any atom is 0.416 e. The average Bonchev–Trinajstić information content (AvgIpc) is 2.93. The summed E-state index contributed by atoms with van der Waals surface area (Å²) < 4.78 is 86.0. The Kier molecular flexibility index (Phi) is 8.63. The van der Waals surface area contributed by atoms with Crippen molar-refractivity contribution >= 4 is 23.3 Å². The minimum Gasteiger partial charge on any atom is -0.322 e. The fourth-order valence-corrected chi connectivity index (χ4v) is 4.54. The summed E-state index contributed by atoms with van der Waals surface area (Å²) in [6.07, 6.45) is -4.69. The summed E-state index contributed by atoms with van der Waals surface area (Å²) in [4.78, 5) is 17.7. The first-order valence-corrected chi connectivity index (χ1v) is 12.8. The number of carbonyl (C=O) groups excluding carboxylic acids is 1. The first kappa shape index (κ1) is 29.9. The highest BCUT2D eigenvalue weighted by Crippen LogP contribution is 2.42. The van der Waals surface area contributed by atoms with Crippen LogP contribution < -0.4 is 10.6 Å². The van der Waals surface area contributed by atoms with E-state index >= 15 is 0 Å². The van der Waals surface area contributed by atoms with E-state index in [9.17, 15) is 31.1 Å². The molecule has 0 aliphatic carbocycles. The molecular formula is C30H24ClF6N3O. The number of rotatable bonds is 8. The quantitative estimate of drug-likeness (QED) is 0.201. The van der Waals surface area contributed by atoms with E-state index in [0.29, 0.717) is 11.6 Å². The van der Waals surface area contributed by atoms with Crippen molar-refractivity contribution in [1.29, 1.82) is 0 Å². The van der Waals surface area contributed by atoms with Crippen molar-refractivity contribution in [2.45, 2.75) is 37.4 Å². The van der Waals surface area contributed by atoms with Gasteiger partial charge < -0.3 is 10.6 Å². The zero-order valence-electron chi connectivity index (χ0n) is 21.6. The van der Waals surface area contributed by atoms with Crippen molar-refractivity contribution in [3.8, 4) is 0 Å². The van der Waals surface area contributed by atoms with E-state index in [2.05, 4.69) is 15.6 Å². The second-order valence-corrected chi connectivity index (χ2v) is 9.81. The van der Waals surface area contributed by atoms with Crippen molar-refractivity contribution in [2.24, 2.45) is 0 Å². The van der Waals surface area contributed by atoms with Crippen LogP contribution in [-0.2, 0) is 24.1 Å². The van der Waals surface area contributed by atoms with Gasteiger partial charge in [0, 0.05) is 30.3 Å². The first-order valence-electron chi connectivity index (χ1n) is 12.4. The highest BCUT2D eigenvalue weighted by atomic mass is 35.5. The van der Waals surface area contributed by atoms with Gasteiger partial charge in [0.25, 0.3) is 5.92 Å². The number of urea groups is 1. The summed E-state index contributed by atoms with van der Waals surface area (Å²) >= 11 is 6.04. The second-order valence-electron chi connectivity index (χ2n) is 9.37. The summed E-state index contributed by atoms with van der Waals surface area (Å²) in [6.45, 7) is 1.16. The number of nitrogens with zero attached hydrogens (tertiary/aromatic N) is 1. The highest BCUT2D eigenvalue weighted by molar-refractivity contribution is 6.30. The Morgan fingerprint density at radius 2 is 1.54 bits per heavy atom. The molecule has 0 saturated heterocycles. The predicted octanol–water partition coefficient (Wildman–Crippen LogP) is 8.70. The van der Waals surface area contributed by atoms with Gasteiger partial charge in [-0.05, 0) is 59.7 Å². The van der Waals surface area contributed by atoms with Crippen LogP contribution in [0.15, 0.2) is 91.1 Å². The smallest absolute Gasteiger partial charge is 0.322 e. The van der Waals surface area contributed by atoms with Crippen molar-refractivity contribution in [2.75, 3.05) is 5.32 Å². The molecule has 41 heavy (non-hydrogen) atoms. The van der Waals surface area contributed by atoms with Gasteiger partial charge in [0.15, 0.2) is 0 Å². The standard InChI is InChI=1S/C30H24ClF6N3O/c1-2-29(33,34)21-13-20(14-22(15-21)30(35,36)37)28(17-19-7-4-3-5-8-19,26-12-11-23(31)18-38-26)40-27(41)39-25-10-6-9-24(32)16-25/h3-16,18H,2,17H2,1H3,(H2,39,40,41). The third-order valence-corrected chi connectivity index (χ3v) is 6.73. The van der Waals surface area contributed by atoms with Gasteiger partial charge in [0.2, 0.25) is 0 Å². The lowest BCUT2D eigenvalue weighted by Crippen LogP contribution is -2.51. The fraction of sp³-hybridized carbons (Fsp3) is 0.200. The summed E-state index contributed by atoms with van der Waals surface area (Å²) in [5.74, 6) is -4.24. The Bertz CT molecular complexity index is 1510. The Balaban J connectivity index is 1.99. The number of pyridine rings is 1. The molecule has 4 nitrogen and oxygen atoms in total. The molecule has 2 amide bonds. The third-order valence-electron chi connectivity index (χ3n) is 6.51. The molecule has 11 heteroatoms. The Morgan fingerprint density at radius 3 is 2.15 bits per heavy atom. The molecule has 3 aromatic carbocycles. The molecule has 0 saturated carbocycles. The number of halogens is 7. The van der Waals surface area contributed by atoms with Gasteiger partial charge in [-0.2, -0.15) is 13.2 Å². The third kappa shape index (κ3) is 7.00. The molecule has 1 heterocycles. The molecule has 1 atom stereocenters. The summed E-state index contributed by atoms with van der Waals surface area (Å²) in [5.41, 5.74) is -3.75. The molecule has 0 aliphatic heterocycles. The second kappa shape index (κ2) is 11.8. The topological polar surface area (TPSA) is 54.0 Å². The molecule has 1 unspecified atom stereocenters. The van der Waals surface area contributed by atoms with Gasteiger partial charge >= 0.3 is 12.2 Å². The first-order chi connectivity index (χ1) is 19.3. The molecule has 214 valence electrons. The van der Waals surface area contributed by atoms with E-state index in [4.69, 9.17) is 11.6 Å². The lowest BCUT2D eigenvalue weighted by Gasteiger charge is -2.36. The van der Waals surface area contributed by atoms with Gasteiger partial charge in [-0.3, -0.25) is 4.98 Å². The summed E-state index contributed by atoms with van der Waals surface area (Å²) in [5, 5.41) is 5.35. The van der Waals surface area contributed by atoms with Crippen LogP contribution in [0, 0.1) is 5.82 Å². The minimum atomic E-state index is -4.98. The summed E-state index contributed by atoms with van der Waals surface area (Å²) in [7, 11) is 0. The van der Waals surface area contributed by atoms with E-state index in [1.807, 2.05) is 0 Å². The molecule has 0 aliphatic rings. The van der Waals surface area contributed by atoms with Crippen LogP contribution in [0.1, 0.15) is 41.3 Å². The maximum atomic E-state index is 15.0. The number of carbonyl (C=O) groups is 1. The van der Waals surface area contributed by atoms with Gasteiger partial charge in [0.05, 0.1) is 16.3 Å². The molecule has 0 radical (unpaired) electrons. The van der Waals surface area contributed by atoms with Crippen molar-refractivity contribution in [3.63, 3.8) is 0 Å². The number of anilines is 1. The van der Waals surface area contributed by atoms with E-state index < -0.39 is 47.0 Å². The molecule has 2 N–H and O–H groups in total. The van der Waals surface area contributed by atoms with Crippen molar-refractivity contribution in [1.82, 2.24) is 10.3 Å². The Morgan fingerprint density at radius 1 is 0.854 bits per heavy atom. The SMILES string of the molecule is CCC(F)(F)c1cc(C(F)(F)F)cc(C(Cc2ccccc2)(NC(=O)Nc2cccc(F)c2)c2ccc(Cl)cn2)c1. The van der Waals surface area contributed by atoms with Crippen LogP contribution in [-0.4, -0.2) is 11.0 Å². The molecule has 4 rings (SSSR count). The van der Waals surface area contributed by atoms with Crippen LogP contribution in [0.25, 0.3) is 0 Å². The number of nitrogens with one attached hydrogen (secondary N) is 2. The average molecular weight is 592 g/mol. The van der Waals surface area contributed by atoms with Crippen molar-refractivity contribution < 1.29 is 31.1 Å². The number of benzene rings is 3. The highest BCUT2D eigenvalue weighted by Gasteiger charge is 2.43. The Labute approximate surface area is 237 Å². The van der Waals surface area contributed by atoms with Crippen LogP contribution >= 0.6 is 11.6 Å². The lowest BCUT2D eigenvalue weighted by molar-refractivity contribution is -0.137. The maximum absolute atomic E-state index is 15.0. The largest absolute Gasteiger partial charge is 0.416 e. The zero-order valence-corrected chi connectivity index (χ0v) is 22.3. The zero-order chi connectivity index (χ0) is 29.8. The van der Waals surface area contributed by atoms with Crippen LogP contribution in [0.4, 0.5) is 36.8 Å². The normalized spacial score (nSPS) is 13.4. The molecule has 4 aromatic rings. The number of aromatic nitrogens is 1. The number of amides is 2. The van der Waals surface area contributed by atoms with Crippen LogP contribution in [0.5, 0.6) is 0 Å². The fourth-order valence-electron chi connectivity index (χ4n) is 4.43. The van der Waals surface area contributed by atoms with E-state index in [-0.39, 0.29) is 28.4 Å². The van der Waals surface area contributed by atoms with E-state index in [0.717, 1.165) is 25.1 Å². The van der Waals surface area contributed by atoms with Gasteiger partial charge in [0.1, 0.15) is 11.4 Å². The number of hydrogen-bond donors (Lipinski definition) is 2. The lowest BCUT2D eigenvalue weighted by atomic mass is 9.78. The molecule has 0 fully saturated rings. The van der Waals surface area contributed by atoms with E-state index in [1.54, 1.807) is 30.3 Å². The van der Waals surface area contributed by atoms with Gasteiger partial charge in [-0.25, -0.2) is 18.0 Å². The van der Waals surface area contributed by atoms with Gasteiger partial charge in [-0.15, -0.1) is 0 Å².